The van der Waals surface area contributed by atoms with Gasteiger partial charge in [-0.15, -0.1) is 0 Å². The summed E-state index contributed by atoms with van der Waals surface area (Å²) in [5, 5.41) is 3.24. The summed E-state index contributed by atoms with van der Waals surface area (Å²) >= 11 is 0. The molecule has 2 rings (SSSR count). The summed E-state index contributed by atoms with van der Waals surface area (Å²) in [5.41, 5.74) is -0.826. The van der Waals surface area contributed by atoms with Crippen molar-refractivity contribution in [2.24, 2.45) is 5.92 Å². The van der Waals surface area contributed by atoms with Gasteiger partial charge in [0.25, 0.3) is 5.56 Å². The zero-order valence-electron chi connectivity index (χ0n) is 9.38. The SMILES string of the molecule is CC1CCCCC1Nc1cc(=O)[nH]c(=O)[nH]1. The second kappa shape index (κ2) is 4.55. The van der Waals surface area contributed by atoms with Gasteiger partial charge in [0.1, 0.15) is 5.82 Å². The van der Waals surface area contributed by atoms with Crippen molar-refractivity contribution in [1.29, 1.82) is 0 Å². The average Bonchev–Trinajstić information content (AvgIpc) is 2.20. The van der Waals surface area contributed by atoms with Crippen molar-refractivity contribution in [3.05, 3.63) is 26.9 Å². The molecule has 5 nitrogen and oxygen atoms in total. The van der Waals surface area contributed by atoms with Crippen LogP contribution in [0.4, 0.5) is 5.82 Å². The summed E-state index contributed by atoms with van der Waals surface area (Å²) < 4.78 is 0. The Morgan fingerprint density at radius 3 is 2.69 bits per heavy atom. The highest BCUT2D eigenvalue weighted by Crippen LogP contribution is 2.25. The highest BCUT2D eigenvalue weighted by atomic mass is 16.2. The lowest BCUT2D eigenvalue weighted by Gasteiger charge is -2.29. The Kier molecular flexibility index (Phi) is 3.12. The van der Waals surface area contributed by atoms with Crippen LogP contribution in [0.2, 0.25) is 0 Å². The van der Waals surface area contributed by atoms with E-state index in [0.29, 0.717) is 17.8 Å². The van der Waals surface area contributed by atoms with Gasteiger partial charge >= 0.3 is 5.69 Å². The zero-order valence-corrected chi connectivity index (χ0v) is 9.38. The molecule has 0 amide bonds. The molecule has 0 radical (unpaired) electrons. The maximum Gasteiger partial charge on any atom is 0.327 e. The third-order valence-electron chi connectivity index (χ3n) is 3.21. The molecule has 1 aliphatic rings. The number of H-pyrrole nitrogens is 2. The molecular weight excluding hydrogens is 206 g/mol. The molecule has 1 fully saturated rings. The average molecular weight is 223 g/mol. The normalized spacial score (nSPS) is 25.3. The first-order valence-corrected chi connectivity index (χ1v) is 5.75. The fourth-order valence-corrected chi connectivity index (χ4v) is 2.28. The van der Waals surface area contributed by atoms with E-state index in [1.165, 1.54) is 25.3 Å². The second-order valence-electron chi connectivity index (χ2n) is 4.51. The molecule has 1 saturated carbocycles. The molecule has 88 valence electrons. The smallest absolute Gasteiger partial charge is 0.327 e. The molecule has 0 aromatic carbocycles. The van der Waals surface area contributed by atoms with Crippen LogP contribution in [0.25, 0.3) is 0 Å². The topological polar surface area (TPSA) is 77.8 Å². The predicted octanol–water partition coefficient (Wildman–Crippen LogP) is 1.05. The Morgan fingerprint density at radius 2 is 2.00 bits per heavy atom. The van der Waals surface area contributed by atoms with Gasteiger partial charge in [-0.05, 0) is 18.8 Å². The second-order valence-corrected chi connectivity index (χ2v) is 4.51. The molecular formula is C11H17N3O2. The Bertz CT molecular complexity index is 435. The van der Waals surface area contributed by atoms with E-state index in [9.17, 15) is 9.59 Å². The summed E-state index contributed by atoms with van der Waals surface area (Å²) in [4.78, 5) is 26.9. The van der Waals surface area contributed by atoms with Crippen LogP contribution in [0.5, 0.6) is 0 Å². The lowest BCUT2D eigenvalue weighted by molar-refractivity contribution is 0.349. The molecule has 5 heteroatoms. The van der Waals surface area contributed by atoms with E-state index >= 15 is 0 Å². The van der Waals surface area contributed by atoms with Crippen molar-refractivity contribution in [3.63, 3.8) is 0 Å². The Morgan fingerprint density at radius 1 is 1.25 bits per heavy atom. The molecule has 1 aliphatic carbocycles. The van der Waals surface area contributed by atoms with Gasteiger partial charge < -0.3 is 5.32 Å². The molecule has 0 spiro atoms. The van der Waals surface area contributed by atoms with E-state index in [1.807, 2.05) is 0 Å². The van der Waals surface area contributed by atoms with Crippen LogP contribution in [0.15, 0.2) is 15.7 Å². The fourth-order valence-electron chi connectivity index (χ4n) is 2.28. The number of aromatic amines is 2. The maximum atomic E-state index is 11.1. The van der Waals surface area contributed by atoms with Gasteiger partial charge in [-0.25, -0.2) is 4.79 Å². The van der Waals surface area contributed by atoms with Crippen molar-refractivity contribution in [1.82, 2.24) is 9.97 Å². The molecule has 0 aliphatic heterocycles. The molecule has 0 saturated heterocycles. The molecule has 1 aromatic heterocycles. The first kappa shape index (κ1) is 11.0. The molecule has 2 unspecified atom stereocenters. The lowest BCUT2D eigenvalue weighted by atomic mass is 9.86. The number of aromatic nitrogens is 2. The third kappa shape index (κ3) is 2.53. The monoisotopic (exact) mass is 223 g/mol. The molecule has 1 heterocycles. The summed E-state index contributed by atoms with van der Waals surface area (Å²) in [6.07, 6.45) is 4.77. The van der Waals surface area contributed by atoms with Crippen molar-refractivity contribution in [3.8, 4) is 0 Å². The zero-order chi connectivity index (χ0) is 11.5. The lowest BCUT2D eigenvalue weighted by Crippen LogP contribution is -2.32. The fraction of sp³-hybridized carbons (Fsp3) is 0.636. The van der Waals surface area contributed by atoms with Crippen molar-refractivity contribution in [2.45, 2.75) is 38.6 Å². The van der Waals surface area contributed by atoms with E-state index < -0.39 is 5.69 Å². The van der Waals surface area contributed by atoms with Crippen LogP contribution in [0, 0.1) is 5.92 Å². The molecule has 2 atom stereocenters. The minimum atomic E-state index is -0.460. The number of hydrogen-bond donors (Lipinski definition) is 3. The first-order valence-electron chi connectivity index (χ1n) is 5.75. The summed E-state index contributed by atoms with van der Waals surface area (Å²) in [7, 11) is 0. The highest BCUT2D eigenvalue weighted by Gasteiger charge is 2.21. The van der Waals surface area contributed by atoms with E-state index in [4.69, 9.17) is 0 Å². The Hall–Kier alpha value is -1.52. The number of hydrogen-bond acceptors (Lipinski definition) is 3. The summed E-state index contributed by atoms with van der Waals surface area (Å²) in [6.45, 7) is 2.20. The Balaban J connectivity index is 2.13. The van der Waals surface area contributed by atoms with Crippen LogP contribution in [0.1, 0.15) is 32.6 Å². The summed E-state index contributed by atoms with van der Waals surface area (Å²) in [5.74, 6) is 1.10. The molecule has 0 bridgehead atoms. The molecule has 1 aromatic rings. The van der Waals surface area contributed by atoms with Crippen LogP contribution in [-0.2, 0) is 0 Å². The largest absolute Gasteiger partial charge is 0.368 e. The third-order valence-corrected chi connectivity index (χ3v) is 3.21. The van der Waals surface area contributed by atoms with Crippen molar-refractivity contribution < 1.29 is 0 Å². The predicted molar refractivity (Wildman–Crippen MR) is 62.7 cm³/mol. The van der Waals surface area contributed by atoms with Gasteiger partial charge in [0.15, 0.2) is 0 Å². The van der Waals surface area contributed by atoms with Gasteiger partial charge in [-0.1, -0.05) is 19.8 Å². The van der Waals surface area contributed by atoms with E-state index in [1.54, 1.807) is 0 Å². The van der Waals surface area contributed by atoms with E-state index in [2.05, 4.69) is 22.2 Å². The van der Waals surface area contributed by atoms with Crippen molar-refractivity contribution >= 4 is 5.82 Å². The summed E-state index contributed by atoms with van der Waals surface area (Å²) in [6, 6.07) is 1.74. The van der Waals surface area contributed by atoms with Gasteiger partial charge in [-0.2, -0.15) is 0 Å². The van der Waals surface area contributed by atoms with Crippen LogP contribution in [-0.4, -0.2) is 16.0 Å². The number of anilines is 1. The Labute approximate surface area is 93.3 Å². The van der Waals surface area contributed by atoms with Crippen LogP contribution < -0.4 is 16.6 Å². The minimum Gasteiger partial charge on any atom is -0.368 e. The van der Waals surface area contributed by atoms with Gasteiger partial charge in [0, 0.05) is 12.1 Å². The molecule has 3 N–H and O–H groups in total. The van der Waals surface area contributed by atoms with E-state index in [-0.39, 0.29) is 5.56 Å². The highest BCUT2D eigenvalue weighted by molar-refractivity contribution is 5.33. The van der Waals surface area contributed by atoms with Gasteiger partial charge in [-0.3, -0.25) is 14.8 Å². The number of rotatable bonds is 2. The number of nitrogens with one attached hydrogen (secondary N) is 3. The molecule has 16 heavy (non-hydrogen) atoms. The first-order chi connectivity index (χ1) is 7.65. The van der Waals surface area contributed by atoms with E-state index in [0.717, 1.165) is 6.42 Å². The van der Waals surface area contributed by atoms with Crippen LogP contribution in [0.3, 0.4) is 0 Å². The van der Waals surface area contributed by atoms with Crippen molar-refractivity contribution in [2.75, 3.05) is 5.32 Å². The minimum absolute atomic E-state index is 0.353. The standard InChI is InChI=1S/C11H17N3O2/c1-7-4-2-3-5-8(7)12-9-6-10(15)14-11(16)13-9/h6-8H,2-5H2,1H3,(H3,12,13,14,15,16). The van der Waals surface area contributed by atoms with Gasteiger partial charge in [0.2, 0.25) is 0 Å². The van der Waals surface area contributed by atoms with Crippen LogP contribution >= 0.6 is 0 Å². The quantitative estimate of drug-likeness (QED) is 0.701. The maximum absolute atomic E-state index is 11.1. The van der Waals surface area contributed by atoms with Gasteiger partial charge in [0.05, 0.1) is 0 Å².